The number of halogens is 1. The van der Waals surface area contributed by atoms with Gasteiger partial charge in [0, 0.05) is 7.05 Å². The van der Waals surface area contributed by atoms with E-state index in [-0.39, 0.29) is 0 Å². The summed E-state index contributed by atoms with van der Waals surface area (Å²) in [5.41, 5.74) is 4.62. The number of para-hydroxylation sites is 1. The SMILES string of the molecule is Cc1nn(-c2ccccc2)c(C)c1Nc1ncnc2c1c(Br)nn2C. The second-order valence-electron chi connectivity index (χ2n) is 5.75. The van der Waals surface area contributed by atoms with E-state index < -0.39 is 0 Å². The number of hydrogen-bond acceptors (Lipinski definition) is 5. The number of anilines is 2. The van der Waals surface area contributed by atoms with Gasteiger partial charge in [-0.25, -0.2) is 19.3 Å². The van der Waals surface area contributed by atoms with Gasteiger partial charge in [-0.3, -0.25) is 0 Å². The molecule has 7 nitrogen and oxygen atoms in total. The van der Waals surface area contributed by atoms with Crippen LogP contribution in [0.1, 0.15) is 11.4 Å². The lowest BCUT2D eigenvalue weighted by Gasteiger charge is -2.08. The van der Waals surface area contributed by atoms with Gasteiger partial charge in [-0.05, 0) is 41.9 Å². The molecule has 25 heavy (non-hydrogen) atoms. The third kappa shape index (κ3) is 2.58. The molecule has 126 valence electrons. The van der Waals surface area contributed by atoms with Gasteiger partial charge in [-0.15, -0.1) is 0 Å². The summed E-state index contributed by atoms with van der Waals surface area (Å²) < 4.78 is 4.35. The summed E-state index contributed by atoms with van der Waals surface area (Å²) in [7, 11) is 1.85. The average Bonchev–Trinajstić information content (AvgIpc) is 3.07. The molecule has 0 saturated heterocycles. The predicted octanol–water partition coefficient (Wildman–Crippen LogP) is 3.67. The first-order valence-corrected chi connectivity index (χ1v) is 8.57. The zero-order chi connectivity index (χ0) is 17.6. The fourth-order valence-electron chi connectivity index (χ4n) is 2.90. The quantitative estimate of drug-likeness (QED) is 0.570. The van der Waals surface area contributed by atoms with Crippen LogP contribution in [0.4, 0.5) is 11.5 Å². The fourth-order valence-corrected chi connectivity index (χ4v) is 3.50. The lowest BCUT2D eigenvalue weighted by Crippen LogP contribution is -2.01. The van der Waals surface area contributed by atoms with Crippen LogP contribution in [0.3, 0.4) is 0 Å². The maximum atomic E-state index is 4.66. The van der Waals surface area contributed by atoms with Crippen molar-refractivity contribution in [3.8, 4) is 5.69 Å². The third-order valence-electron chi connectivity index (χ3n) is 4.11. The molecular formula is C17H16BrN7. The lowest BCUT2D eigenvalue weighted by atomic mass is 10.2. The highest BCUT2D eigenvalue weighted by atomic mass is 79.9. The number of hydrogen-bond donors (Lipinski definition) is 1. The van der Waals surface area contributed by atoms with Crippen molar-refractivity contribution in [1.82, 2.24) is 29.5 Å². The minimum atomic E-state index is 0.698. The lowest BCUT2D eigenvalue weighted by molar-refractivity contribution is 0.777. The Bertz CT molecular complexity index is 1070. The average molecular weight is 398 g/mol. The molecule has 0 bridgehead atoms. The van der Waals surface area contributed by atoms with Crippen LogP contribution >= 0.6 is 15.9 Å². The van der Waals surface area contributed by atoms with E-state index in [0.717, 1.165) is 33.8 Å². The Morgan fingerprint density at radius 2 is 1.80 bits per heavy atom. The predicted molar refractivity (Wildman–Crippen MR) is 100 cm³/mol. The van der Waals surface area contributed by atoms with Crippen molar-refractivity contribution in [2.45, 2.75) is 13.8 Å². The van der Waals surface area contributed by atoms with Gasteiger partial charge >= 0.3 is 0 Å². The monoisotopic (exact) mass is 397 g/mol. The first kappa shape index (κ1) is 15.8. The van der Waals surface area contributed by atoms with Crippen LogP contribution in [-0.2, 0) is 7.05 Å². The van der Waals surface area contributed by atoms with Gasteiger partial charge < -0.3 is 5.32 Å². The summed E-state index contributed by atoms with van der Waals surface area (Å²) in [5.74, 6) is 0.698. The van der Waals surface area contributed by atoms with E-state index >= 15 is 0 Å². The molecule has 0 saturated carbocycles. The molecular weight excluding hydrogens is 382 g/mol. The minimum Gasteiger partial charge on any atom is -0.336 e. The first-order valence-electron chi connectivity index (χ1n) is 7.78. The highest BCUT2D eigenvalue weighted by Gasteiger charge is 2.18. The molecule has 0 aliphatic heterocycles. The summed E-state index contributed by atoms with van der Waals surface area (Å²) in [6.07, 6.45) is 1.53. The number of nitrogens with zero attached hydrogens (tertiary/aromatic N) is 6. The molecule has 0 fully saturated rings. The number of aromatic nitrogens is 6. The van der Waals surface area contributed by atoms with Gasteiger partial charge in [0.1, 0.15) is 16.7 Å². The molecule has 0 amide bonds. The van der Waals surface area contributed by atoms with E-state index in [1.807, 2.05) is 55.9 Å². The molecule has 3 aromatic heterocycles. The normalized spacial score (nSPS) is 11.2. The van der Waals surface area contributed by atoms with Gasteiger partial charge in [-0.2, -0.15) is 10.2 Å². The Morgan fingerprint density at radius 1 is 1.04 bits per heavy atom. The molecule has 4 aromatic rings. The van der Waals surface area contributed by atoms with Gasteiger partial charge in [0.2, 0.25) is 0 Å². The third-order valence-corrected chi connectivity index (χ3v) is 4.67. The van der Waals surface area contributed by atoms with Crippen LogP contribution < -0.4 is 5.32 Å². The largest absolute Gasteiger partial charge is 0.336 e. The Labute approximate surface area is 152 Å². The van der Waals surface area contributed by atoms with E-state index in [1.165, 1.54) is 6.33 Å². The van der Waals surface area contributed by atoms with Crippen molar-refractivity contribution in [3.63, 3.8) is 0 Å². The highest BCUT2D eigenvalue weighted by molar-refractivity contribution is 9.10. The molecule has 0 spiro atoms. The van der Waals surface area contributed by atoms with Crippen molar-refractivity contribution in [3.05, 3.63) is 52.7 Å². The molecule has 1 N–H and O–H groups in total. The van der Waals surface area contributed by atoms with E-state index in [4.69, 9.17) is 0 Å². The molecule has 8 heteroatoms. The number of aryl methyl sites for hydroxylation is 2. The smallest absolute Gasteiger partial charge is 0.164 e. The van der Waals surface area contributed by atoms with Crippen LogP contribution in [0.15, 0.2) is 41.3 Å². The van der Waals surface area contributed by atoms with E-state index in [0.29, 0.717) is 10.4 Å². The Morgan fingerprint density at radius 3 is 2.56 bits per heavy atom. The number of rotatable bonds is 3. The van der Waals surface area contributed by atoms with Crippen LogP contribution in [0.25, 0.3) is 16.7 Å². The highest BCUT2D eigenvalue weighted by Crippen LogP contribution is 2.31. The van der Waals surface area contributed by atoms with Crippen molar-refractivity contribution in [2.24, 2.45) is 7.05 Å². The number of fused-ring (bicyclic) bond motifs is 1. The number of nitrogens with one attached hydrogen (secondary N) is 1. The molecule has 0 atom stereocenters. The van der Waals surface area contributed by atoms with Crippen LogP contribution in [0.2, 0.25) is 0 Å². The van der Waals surface area contributed by atoms with E-state index in [2.05, 4.69) is 41.4 Å². The van der Waals surface area contributed by atoms with Crippen molar-refractivity contribution >= 4 is 38.5 Å². The van der Waals surface area contributed by atoms with Gasteiger partial charge in [0.25, 0.3) is 0 Å². The fraction of sp³-hybridized carbons (Fsp3) is 0.176. The van der Waals surface area contributed by atoms with Crippen LogP contribution in [0.5, 0.6) is 0 Å². The van der Waals surface area contributed by atoms with Crippen molar-refractivity contribution < 1.29 is 0 Å². The summed E-state index contributed by atoms with van der Waals surface area (Å²) in [5, 5.41) is 13.3. The van der Waals surface area contributed by atoms with Crippen LogP contribution in [-0.4, -0.2) is 29.5 Å². The molecule has 3 heterocycles. The molecule has 1 aromatic carbocycles. The Balaban J connectivity index is 1.82. The molecule has 0 radical (unpaired) electrons. The van der Waals surface area contributed by atoms with E-state index in [9.17, 15) is 0 Å². The van der Waals surface area contributed by atoms with Crippen molar-refractivity contribution in [2.75, 3.05) is 5.32 Å². The summed E-state index contributed by atoms with van der Waals surface area (Å²) in [4.78, 5) is 8.70. The number of benzene rings is 1. The first-order chi connectivity index (χ1) is 12.1. The standard InChI is InChI=1S/C17H16BrN7/c1-10-14(11(2)25(22-10)12-7-5-4-6-8-12)21-16-13-15(18)23-24(3)17(13)20-9-19-16/h4-9H,1-3H3,(H,19,20,21). The van der Waals surface area contributed by atoms with Gasteiger partial charge in [0.05, 0.1) is 28.1 Å². The second-order valence-corrected chi connectivity index (χ2v) is 6.50. The minimum absolute atomic E-state index is 0.698. The van der Waals surface area contributed by atoms with Crippen molar-refractivity contribution in [1.29, 1.82) is 0 Å². The summed E-state index contributed by atoms with van der Waals surface area (Å²) in [6, 6.07) is 10.1. The van der Waals surface area contributed by atoms with Gasteiger partial charge in [-0.1, -0.05) is 18.2 Å². The zero-order valence-corrected chi connectivity index (χ0v) is 15.6. The van der Waals surface area contributed by atoms with Gasteiger partial charge in [0.15, 0.2) is 5.65 Å². The Kier molecular flexibility index (Phi) is 3.76. The summed E-state index contributed by atoms with van der Waals surface area (Å²) in [6.45, 7) is 4.01. The summed E-state index contributed by atoms with van der Waals surface area (Å²) >= 11 is 3.49. The maximum absolute atomic E-state index is 4.66. The molecule has 0 aliphatic rings. The second kappa shape index (κ2) is 5.96. The topological polar surface area (TPSA) is 73.5 Å². The Hall–Kier alpha value is -2.74. The van der Waals surface area contributed by atoms with Crippen LogP contribution in [0, 0.1) is 13.8 Å². The zero-order valence-electron chi connectivity index (χ0n) is 14.0. The molecule has 0 aliphatic carbocycles. The molecule has 0 unspecified atom stereocenters. The molecule has 4 rings (SSSR count). The maximum Gasteiger partial charge on any atom is 0.164 e. The van der Waals surface area contributed by atoms with E-state index in [1.54, 1.807) is 4.68 Å².